The lowest BCUT2D eigenvalue weighted by Gasteiger charge is -2.36. The van der Waals surface area contributed by atoms with Crippen molar-refractivity contribution in [2.45, 2.75) is 50.2 Å². The van der Waals surface area contributed by atoms with Gasteiger partial charge in [-0.15, -0.1) is 0 Å². The van der Waals surface area contributed by atoms with E-state index < -0.39 is 18.8 Å². The maximum Gasteiger partial charge on any atom is 0.490 e. The van der Waals surface area contributed by atoms with Gasteiger partial charge in [0, 0.05) is 6.42 Å². The Morgan fingerprint density at radius 3 is 2.16 bits per heavy atom. The number of ether oxygens (including phenoxy) is 2. The topological polar surface area (TPSA) is 55.8 Å². The van der Waals surface area contributed by atoms with Crippen LogP contribution in [0.3, 0.4) is 0 Å². The van der Waals surface area contributed by atoms with E-state index in [1.54, 1.807) is 0 Å². The second-order valence-corrected chi connectivity index (χ2v) is 4.37. The van der Waals surface area contributed by atoms with Crippen LogP contribution in [-0.4, -0.2) is 42.2 Å². The van der Waals surface area contributed by atoms with E-state index in [2.05, 4.69) is 4.74 Å². The monoisotopic (exact) mass is 292 g/mol. The molecule has 2 aliphatic rings. The van der Waals surface area contributed by atoms with Crippen LogP contribution >= 0.6 is 0 Å². The molecule has 112 valence electrons. The molecule has 1 aliphatic heterocycles. The van der Waals surface area contributed by atoms with Gasteiger partial charge in [-0.25, -0.2) is 4.79 Å². The van der Waals surface area contributed by atoms with Crippen LogP contribution in [0.25, 0.3) is 0 Å². The van der Waals surface area contributed by atoms with Gasteiger partial charge in [0.25, 0.3) is 0 Å². The third-order valence-corrected chi connectivity index (χ3v) is 2.98. The summed E-state index contributed by atoms with van der Waals surface area (Å²) in [6, 6.07) is 0. The Morgan fingerprint density at radius 1 is 1.37 bits per heavy atom. The first-order valence-electron chi connectivity index (χ1n) is 5.52. The van der Waals surface area contributed by atoms with Gasteiger partial charge in [-0.1, -0.05) is 0 Å². The fourth-order valence-corrected chi connectivity index (χ4v) is 1.95. The summed E-state index contributed by atoms with van der Waals surface area (Å²) in [5, 5.41) is 7.12. The minimum Gasteiger partial charge on any atom is -0.475 e. The van der Waals surface area contributed by atoms with Gasteiger partial charge in [-0.05, 0) is 19.3 Å². The van der Waals surface area contributed by atoms with Crippen LogP contribution in [0.4, 0.5) is 22.0 Å². The molecule has 1 saturated heterocycles. The first-order valence-corrected chi connectivity index (χ1v) is 5.52. The van der Waals surface area contributed by atoms with Crippen LogP contribution in [0.5, 0.6) is 0 Å². The zero-order chi connectivity index (χ0) is 14.7. The zero-order valence-electron chi connectivity index (χ0n) is 9.75. The molecule has 0 amide bonds. The van der Waals surface area contributed by atoms with Crippen LogP contribution in [0.1, 0.15) is 25.7 Å². The van der Waals surface area contributed by atoms with E-state index >= 15 is 0 Å². The van der Waals surface area contributed by atoms with Crippen molar-refractivity contribution in [1.82, 2.24) is 0 Å². The Kier molecular flexibility index (Phi) is 5.08. The number of carbonyl (C=O) groups is 1. The van der Waals surface area contributed by atoms with Crippen molar-refractivity contribution in [3.8, 4) is 0 Å². The molecule has 1 saturated carbocycles. The molecule has 4 nitrogen and oxygen atoms in total. The number of alkyl halides is 5. The van der Waals surface area contributed by atoms with Crippen LogP contribution in [0.15, 0.2) is 0 Å². The molecule has 9 heteroatoms. The fraction of sp³-hybridized carbons (Fsp3) is 0.900. The van der Waals surface area contributed by atoms with Gasteiger partial charge in [0.15, 0.2) is 0 Å². The largest absolute Gasteiger partial charge is 0.490 e. The molecule has 0 unspecified atom stereocenters. The Hall–Kier alpha value is -0.960. The number of carboxylic acids is 1. The zero-order valence-corrected chi connectivity index (χ0v) is 9.75. The Labute approximate surface area is 105 Å². The number of hydrogen-bond donors (Lipinski definition) is 1. The standard InChI is InChI=1S/C8H12F2O2.C2HF3O2/c9-7(10)12-6-4-8(11-5-6)2-1-3-8;3-2(4,5)1(6)7/h6-7H,1-5H2;(H,6,7)/t6-;/m1./s1. The van der Waals surface area contributed by atoms with Gasteiger partial charge in [-0.3, -0.25) is 0 Å². The molecule has 19 heavy (non-hydrogen) atoms. The second-order valence-electron chi connectivity index (χ2n) is 4.37. The van der Waals surface area contributed by atoms with Crippen molar-refractivity contribution in [2.24, 2.45) is 0 Å². The van der Waals surface area contributed by atoms with E-state index in [1.165, 1.54) is 0 Å². The van der Waals surface area contributed by atoms with Gasteiger partial charge in [-0.2, -0.15) is 22.0 Å². The van der Waals surface area contributed by atoms with Gasteiger partial charge in [0.1, 0.15) is 0 Å². The van der Waals surface area contributed by atoms with E-state index in [1.807, 2.05) is 0 Å². The predicted octanol–water partition coefficient (Wildman–Crippen LogP) is 2.57. The molecule has 1 spiro atoms. The number of hydrogen-bond acceptors (Lipinski definition) is 3. The van der Waals surface area contributed by atoms with Crippen molar-refractivity contribution >= 4 is 5.97 Å². The minimum atomic E-state index is -5.08. The average Bonchev–Trinajstić information content (AvgIpc) is 2.60. The van der Waals surface area contributed by atoms with Crippen LogP contribution in [0.2, 0.25) is 0 Å². The van der Waals surface area contributed by atoms with E-state index in [0.29, 0.717) is 13.0 Å². The summed E-state index contributed by atoms with van der Waals surface area (Å²) in [6.07, 6.45) is -1.64. The Morgan fingerprint density at radius 2 is 1.89 bits per heavy atom. The lowest BCUT2D eigenvalue weighted by molar-refractivity contribution is -0.192. The highest BCUT2D eigenvalue weighted by molar-refractivity contribution is 5.73. The maximum atomic E-state index is 11.8. The molecule has 0 aromatic carbocycles. The van der Waals surface area contributed by atoms with Crippen molar-refractivity contribution in [2.75, 3.05) is 6.61 Å². The van der Waals surface area contributed by atoms with Gasteiger partial charge < -0.3 is 14.6 Å². The molecule has 1 aliphatic carbocycles. The molecular formula is C10H13F5O4. The lowest BCUT2D eigenvalue weighted by atomic mass is 9.78. The van der Waals surface area contributed by atoms with Gasteiger partial charge in [0.2, 0.25) is 0 Å². The van der Waals surface area contributed by atoms with E-state index in [0.717, 1.165) is 19.3 Å². The van der Waals surface area contributed by atoms with Crippen molar-refractivity contribution in [3.05, 3.63) is 0 Å². The molecule has 2 rings (SSSR count). The van der Waals surface area contributed by atoms with Crippen molar-refractivity contribution in [3.63, 3.8) is 0 Å². The molecule has 0 bridgehead atoms. The third-order valence-electron chi connectivity index (χ3n) is 2.98. The SMILES string of the molecule is FC(F)O[C@H]1COC2(CCC2)C1.O=C(O)C(F)(F)F. The molecular weight excluding hydrogens is 279 g/mol. The van der Waals surface area contributed by atoms with Crippen LogP contribution in [0, 0.1) is 0 Å². The maximum absolute atomic E-state index is 11.8. The van der Waals surface area contributed by atoms with Gasteiger partial charge in [0.05, 0.1) is 18.3 Å². The lowest BCUT2D eigenvalue weighted by Crippen LogP contribution is -2.36. The smallest absolute Gasteiger partial charge is 0.475 e. The molecule has 1 N–H and O–H groups in total. The predicted molar refractivity (Wildman–Crippen MR) is 51.7 cm³/mol. The van der Waals surface area contributed by atoms with E-state index in [-0.39, 0.29) is 11.7 Å². The summed E-state index contributed by atoms with van der Waals surface area (Å²) >= 11 is 0. The summed E-state index contributed by atoms with van der Waals surface area (Å²) in [7, 11) is 0. The molecule has 1 heterocycles. The molecule has 2 fully saturated rings. The summed E-state index contributed by atoms with van der Waals surface area (Å²) in [4.78, 5) is 8.90. The quantitative estimate of drug-likeness (QED) is 0.795. The van der Waals surface area contributed by atoms with Gasteiger partial charge >= 0.3 is 18.8 Å². The Bertz CT molecular complexity index is 314. The second kappa shape index (κ2) is 6.00. The summed E-state index contributed by atoms with van der Waals surface area (Å²) in [5.41, 5.74) is -0.0838. The first-order chi connectivity index (χ1) is 8.65. The number of halogens is 5. The highest BCUT2D eigenvalue weighted by atomic mass is 19.4. The number of carboxylic acid groups (broad SMARTS) is 1. The van der Waals surface area contributed by atoms with Crippen LogP contribution < -0.4 is 0 Å². The van der Waals surface area contributed by atoms with Crippen molar-refractivity contribution < 1.29 is 41.3 Å². The summed E-state index contributed by atoms with van der Waals surface area (Å²) < 4.78 is 65.1. The van der Waals surface area contributed by atoms with E-state index in [9.17, 15) is 22.0 Å². The molecule has 0 aromatic heterocycles. The van der Waals surface area contributed by atoms with E-state index in [4.69, 9.17) is 14.6 Å². The number of aliphatic carboxylic acids is 1. The average molecular weight is 292 g/mol. The molecule has 0 aromatic rings. The first kappa shape index (κ1) is 16.1. The highest BCUT2D eigenvalue weighted by Crippen LogP contribution is 2.44. The normalized spacial score (nSPS) is 24.8. The molecule has 1 atom stereocenters. The summed E-state index contributed by atoms with van der Waals surface area (Å²) in [6.45, 7) is -2.32. The minimum absolute atomic E-state index is 0.0838. The highest BCUT2D eigenvalue weighted by Gasteiger charge is 2.46. The Balaban J connectivity index is 0.000000224. The van der Waals surface area contributed by atoms with Crippen molar-refractivity contribution in [1.29, 1.82) is 0 Å². The molecule has 0 radical (unpaired) electrons. The summed E-state index contributed by atoms with van der Waals surface area (Å²) in [5.74, 6) is -2.76. The number of rotatable bonds is 2. The van der Waals surface area contributed by atoms with Crippen LogP contribution in [-0.2, 0) is 14.3 Å². The fourth-order valence-electron chi connectivity index (χ4n) is 1.95. The third kappa shape index (κ3) is 4.90.